The average Bonchev–Trinajstić information content (AvgIpc) is 2.41. The summed E-state index contributed by atoms with van der Waals surface area (Å²) in [7, 11) is 0. The molecule has 0 atom stereocenters. The lowest BCUT2D eigenvalue weighted by Crippen LogP contribution is -2.45. The van der Waals surface area contributed by atoms with Gasteiger partial charge in [-0.05, 0) is 37.7 Å². The maximum Gasteiger partial charge on any atom is 0.234 e. The third-order valence-electron chi connectivity index (χ3n) is 3.89. The van der Waals surface area contributed by atoms with Gasteiger partial charge < -0.3 is 5.73 Å². The molecule has 1 aliphatic carbocycles. The number of carbonyl (C=O) groups is 1. The Morgan fingerprint density at radius 2 is 2.06 bits per heavy atom. The van der Waals surface area contributed by atoms with Crippen LogP contribution in [-0.4, -0.2) is 22.4 Å². The lowest BCUT2D eigenvalue weighted by molar-refractivity contribution is -0.127. The van der Waals surface area contributed by atoms with Gasteiger partial charge in [-0.1, -0.05) is 6.92 Å². The van der Waals surface area contributed by atoms with Crippen LogP contribution < -0.4 is 11.1 Å². The second-order valence-electron chi connectivity index (χ2n) is 5.19. The maximum atomic E-state index is 12.4. The molecule has 0 bridgehead atoms. The summed E-state index contributed by atoms with van der Waals surface area (Å²) in [6.45, 7) is 2.61. The van der Waals surface area contributed by atoms with Gasteiger partial charge in [0.15, 0.2) is 0 Å². The summed E-state index contributed by atoms with van der Waals surface area (Å²) >= 11 is 0. The number of amides is 1. The van der Waals surface area contributed by atoms with Crippen LogP contribution in [0, 0.1) is 11.3 Å². The van der Waals surface area contributed by atoms with E-state index in [0.717, 1.165) is 25.7 Å². The predicted molar refractivity (Wildman–Crippen MR) is 69.8 cm³/mol. The van der Waals surface area contributed by atoms with Crippen molar-refractivity contribution >= 4 is 11.9 Å². The molecule has 1 heterocycles. The Morgan fingerprint density at radius 3 is 2.61 bits per heavy atom. The molecule has 0 aromatic carbocycles. The van der Waals surface area contributed by atoms with Gasteiger partial charge in [-0.25, -0.2) is 9.97 Å². The first kappa shape index (κ1) is 13.0. The Hall–Kier alpha value is -1.49. The maximum absolute atomic E-state index is 12.4. The Kier molecular flexibility index (Phi) is 3.91. The van der Waals surface area contributed by atoms with Crippen LogP contribution in [0.2, 0.25) is 0 Å². The Bertz CT molecular complexity index is 399. The highest BCUT2D eigenvalue weighted by Crippen LogP contribution is 2.38. The minimum Gasteiger partial charge on any atom is -0.329 e. The fourth-order valence-corrected chi connectivity index (χ4v) is 2.44. The summed E-state index contributed by atoms with van der Waals surface area (Å²) in [6.07, 6.45) is 7.04. The lowest BCUT2D eigenvalue weighted by atomic mass is 9.70. The number of nitrogens with one attached hydrogen (secondary N) is 1. The van der Waals surface area contributed by atoms with Crippen molar-refractivity contribution in [3.8, 4) is 0 Å². The van der Waals surface area contributed by atoms with Gasteiger partial charge in [0.05, 0.1) is 5.41 Å². The Morgan fingerprint density at radius 1 is 1.44 bits per heavy atom. The molecule has 0 aliphatic heterocycles. The zero-order valence-electron chi connectivity index (χ0n) is 10.7. The minimum atomic E-state index is -0.439. The molecule has 1 amide bonds. The van der Waals surface area contributed by atoms with Gasteiger partial charge >= 0.3 is 0 Å². The summed E-state index contributed by atoms with van der Waals surface area (Å²) in [5.41, 5.74) is 5.40. The lowest BCUT2D eigenvalue weighted by Gasteiger charge is -2.36. The first-order valence-corrected chi connectivity index (χ1v) is 6.45. The highest BCUT2D eigenvalue weighted by Gasteiger charge is 2.40. The van der Waals surface area contributed by atoms with Crippen LogP contribution in [0.3, 0.4) is 0 Å². The van der Waals surface area contributed by atoms with E-state index in [2.05, 4.69) is 22.2 Å². The molecule has 1 aliphatic rings. The summed E-state index contributed by atoms with van der Waals surface area (Å²) in [5.74, 6) is 1.00. The molecular weight excluding hydrogens is 228 g/mol. The van der Waals surface area contributed by atoms with Gasteiger partial charge in [0.1, 0.15) is 0 Å². The number of carbonyl (C=O) groups excluding carboxylic acids is 1. The highest BCUT2D eigenvalue weighted by atomic mass is 16.2. The largest absolute Gasteiger partial charge is 0.329 e. The molecular formula is C13H20N4O. The van der Waals surface area contributed by atoms with E-state index in [-0.39, 0.29) is 5.91 Å². The number of rotatable bonds is 3. The standard InChI is InChI=1S/C13H20N4O/c1-10-3-5-13(9-14,6-4-10)11(18)17-12-15-7-2-8-16-12/h2,7-8,10H,3-6,9,14H2,1H3,(H,15,16,17,18). The highest BCUT2D eigenvalue weighted by molar-refractivity contribution is 5.94. The first-order valence-electron chi connectivity index (χ1n) is 6.45. The van der Waals surface area contributed by atoms with E-state index in [4.69, 9.17) is 5.73 Å². The van der Waals surface area contributed by atoms with E-state index in [0.29, 0.717) is 18.4 Å². The SMILES string of the molecule is CC1CCC(CN)(C(=O)Nc2ncccn2)CC1. The summed E-state index contributed by atoms with van der Waals surface area (Å²) in [5, 5.41) is 2.78. The molecule has 0 unspecified atom stereocenters. The molecule has 18 heavy (non-hydrogen) atoms. The second kappa shape index (κ2) is 5.44. The summed E-state index contributed by atoms with van der Waals surface area (Å²) < 4.78 is 0. The molecule has 98 valence electrons. The van der Waals surface area contributed by atoms with Crippen molar-refractivity contribution in [1.29, 1.82) is 0 Å². The van der Waals surface area contributed by atoms with Gasteiger partial charge in [0.25, 0.3) is 0 Å². The third kappa shape index (κ3) is 2.67. The molecule has 5 heteroatoms. The van der Waals surface area contributed by atoms with Crippen molar-refractivity contribution in [2.45, 2.75) is 32.6 Å². The van der Waals surface area contributed by atoms with Crippen LogP contribution in [0.5, 0.6) is 0 Å². The van der Waals surface area contributed by atoms with Crippen LogP contribution >= 0.6 is 0 Å². The number of nitrogens with zero attached hydrogens (tertiary/aromatic N) is 2. The van der Waals surface area contributed by atoms with Crippen LogP contribution in [0.15, 0.2) is 18.5 Å². The van der Waals surface area contributed by atoms with Crippen LogP contribution in [-0.2, 0) is 4.79 Å². The van der Waals surface area contributed by atoms with Gasteiger partial charge in [0, 0.05) is 18.9 Å². The average molecular weight is 248 g/mol. The topological polar surface area (TPSA) is 80.9 Å². The molecule has 3 N–H and O–H groups in total. The van der Waals surface area contributed by atoms with Crippen molar-refractivity contribution in [2.75, 3.05) is 11.9 Å². The van der Waals surface area contributed by atoms with E-state index < -0.39 is 5.41 Å². The molecule has 1 fully saturated rings. The van der Waals surface area contributed by atoms with Crippen molar-refractivity contribution in [1.82, 2.24) is 9.97 Å². The molecule has 2 rings (SSSR count). The van der Waals surface area contributed by atoms with Gasteiger partial charge in [-0.15, -0.1) is 0 Å². The number of anilines is 1. The molecule has 0 saturated heterocycles. The molecule has 1 aromatic heterocycles. The molecule has 1 aromatic rings. The van der Waals surface area contributed by atoms with Crippen molar-refractivity contribution in [3.63, 3.8) is 0 Å². The van der Waals surface area contributed by atoms with E-state index >= 15 is 0 Å². The van der Waals surface area contributed by atoms with Crippen LogP contribution in [0.1, 0.15) is 32.6 Å². The molecule has 0 radical (unpaired) electrons. The second-order valence-corrected chi connectivity index (χ2v) is 5.19. The predicted octanol–water partition coefficient (Wildman–Crippen LogP) is 1.57. The van der Waals surface area contributed by atoms with Gasteiger partial charge in [-0.2, -0.15) is 0 Å². The van der Waals surface area contributed by atoms with Crippen LogP contribution in [0.4, 0.5) is 5.95 Å². The zero-order valence-corrected chi connectivity index (χ0v) is 10.7. The molecule has 5 nitrogen and oxygen atoms in total. The zero-order chi connectivity index (χ0) is 13.0. The third-order valence-corrected chi connectivity index (χ3v) is 3.89. The minimum absolute atomic E-state index is 0.0388. The van der Waals surface area contributed by atoms with Crippen molar-refractivity contribution < 1.29 is 4.79 Å². The van der Waals surface area contributed by atoms with Gasteiger partial charge in [-0.3, -0.25) is 10.1 Å². The number of hydrogen-bond donors (Lipinski definition) is 2. The molecule has 0 spiro atoms. The smallest absolute Gasteiger partial charge is 0.234 e. The number of aromatic nitrogens is 2. The fraction of sp³-hybridized carbons (Fsp3) is 0.615. The van der Waals surface area contributed by atoms with Crippen LogP contribution in [0.25, 0.3) is 0 Å². The number of nitrogens with two attached hydrogens (primary N) is 1. The molecule has 1 saturated carbocycles. The monoisotopic (exact) mass is 248 g/mol. The quantitative estimate of drug-likeness (QED) is 0.850. The van der Waals surface area contributed by atoms with E-state index in [1.54, 1.807) is 18.5 Å². The van der Waals surface area contributed by atoms with E-state index in [1.165, 1.54) is 0 Å². The number of hydrogen-bond acceptors (Lipinski definition) is 4. The van der Waals surface area contributed by atoms with Crippen molar-refractivity contribution in [3.05, 3.63) is 18.5 Å². The fourth-order valence-electron chi connectivity index (χ4n) is 2.44. The van der Waals surface area contributed by atoms with E-state index in [1.807, 2.05) is 0 Å². The van der Waals surface area contributed by atoms with Gasteiger partial charge in [0.2, 0.25) is 11.9 Å². The normalized spacial score (nSPS) is 27.8. The first-order chi connectivity index (χ1) is 8.66. The van der Waals surface area contributed by atoms with E-state index in [9.17, 15) is 4.79 Å². The Balaban J connectivity index is 2.06. The van der Waals surface area contributed by atoms with Crippen molar-refractivity contribution in [2.24, 2.45) is 17.1 Å². The summed E-state index contributed by atoms with van der Waals surface area (Å²) in [6, 6.07) is 1.72. The summed E-state index contributed by atoms with van der Waals surface area (Å²) in [4.78, 5) is 20.4. The Labute approximate surface area is 107 Å².